The molecule has 0 saturated heterocycles. The Balaban J connectivity index is 1.79. The number of alkyl halides is 3. The van der Waals surface area contributed by atoms with Crippen molar-refractivity contribution in [2.75, 3.05) is 12.4 Å². The summed E-state index contributed by atoms with van der Waals surface area (Å²) < 4.78 is 45.8. The maximum atomic E-state index is 13.1. The van der Waals surface area contributed by atoms with Crippen molar-refractivity contribution in [3.63, 3.8) is 0 Å². The van der Waals surface area contributed by atoms with Crippen molar-refractivity contribution in [1.82, 2.24) is 19.7 Å². The van der Waals surface area contributed by atoms with Crippen LogP contribution in [0.4, 0.5) is 18.9 Å². The molecule has 0 aliphatic rings. The summed E-state index contributed by atoms with van der Waals surface area (Å²) in [5.74, 6) is -1.07. The molecule has 0 spiro atoms. The van der Waals surface area contributed by atoms with Crippen molar-refractivity contribution in [2.24, 2.45) is 7.05 Å². The molecule has 158 valence electrons. The highest BCUT2D eigenvalue weighted by Gasteiger charge is 2.32. The molecule has 2 aromatic heterocycles. The average Bonchev–Trinajstić information content (AvgIpc) is 3.11. The van der Waals surface area contributed by atoms with E-state index in [4.69, 9.17) is 4.74 Å². The van der Waals surface area contributed by atoms with Gasteiger partial charge in [-0.15, -0.1) is 10.2 Å². The van der Waals surface area contributed by atoms with Crippen molar-refractivity contribution >= 4 is 23.4 Å². The van der Waals surface area contributed by atoms with E-state index in [0.717, 1.165) is 16.8 Å². The fourth-order valence-electron chi connectivity index (χ4n) is 2.56. The first kappa shape index (κ1) is 21.6. The lowest BCUT2D eigenvalue weighted by Crippen LogP contribution is -2.16. The van der Waals surface area contributed by atoms with E-state index in [1.54, 1.807) is 29.1 Å². The minimum absolute atomic E-state index is 0.00321. The van der Waals surface area contributed by atoms with Gasteiger partial charge in [0.2, 0.25) is 5.88 Å². The largest absolute Gasteiger partial charge is 0.481 e. The monoisotopic (exact) mass is 437 g/mol. The number of aryl methyl sites for hydroxylation is 1. The summed E-state index contributed by atoms with van der Waals surface area (Å²) in [6.45, 7) is 1.97. The number of aromatic nitrogens is 4. The molecule has 0 radical (unpaired) electrons. The first-order valence-electron chi connectivity index (χ1n) is 8.72. The lowest BCUT2D eigenvalue weighted by molar-refractivity contribution is -0.137. The number of carbonyl (C=O) groups excluding carboxylic acids is 1. The van der Waals surface area contributed by atoms with Crippen LogP contribution in [0.25, 0.3) is 0 Å². The van der Waals surface area contributed by atoms with E-state index < -0.39 is 23.3 Å². The van der Waals surface area contributed by atoms with Gasteiger partial charge in [-0.3, -0.25) is 4.79 Å². The minimum Gasteiger partial charge on any atom is -0.481 e. The van der Waals surface area contributed by atoms with Gasteiger partial charge in [0.15, 0.2) is 5.16 Å². The predicted molar refractivity (Wildman–Crippen MR) is 105 cm³/mol. The Morgan fingerprint density at radius 1 is 1.27 bits per heavy atom. The molecule has 11 heteroatoms. The topological polar surface area (TPSA) is 81.9 Å². The molecule has 2 heterocycles. The number of anilines is 1. The summed E-state index contributed by atoms with van der Waals surface area (Å²) in [5, 5.41) is 11.2. The fraction of sp³-hybridized carbons (Fsp3) is 0.263. The maximum Gasteiger partial charge on any atom is 0.416 e. The number of thioether (sulfide) groups is 1. The number of methoxy groups -OCH3 is 1. The SMILES string of the molecule is COc1cc(C(F)(F)F)cc(C(=O)Nc2cccc([C@H](C)Sc3nncn3C)c2)n1. The first-order valence-corrected chi connectivity index (χ1v) is 9.60. The van der Waals surface area contributed by atoms with E-state index in [-0.39, 0.29) is 11.1 Å². The third kappa shape index (κ3) is 5.09. The number of carbonyl (C=O) groups is 1. The number of benzene rings is 1. The van der Waals surface area contributed by atoms with Gasteiger partial charge in [-0.05, 0) is 30.7 Å². The molecule has 1 amide bonds. The summed E-state index contributed by atoms with van der Waals surface area (Å²) in [6.07, 6.45) is -3.03. The number of nitrogens with zero attached hydrogens (tertiary/aromatic N) is 4. The maximum absolute atomic E-state index is 13.1. The molecule has 1 aromatic carbocycles. The number of pyridine rings is 1. The van der Waals surface area contributed by atoms with E-state index >= 15 is 0 Å². The number of halogens is 3. The van der Waals surface area contributed by atoms with Crippen LogP contribution in [0.1, 0.15) is 33.8 Å². The summed E-state index contributed by atoms with van der Waals surface area (Å²) in [4.78, 5) is 16.3. The summed E-state index contributed by atoms with van der Waals surface area (Å²) in [5.41, 5.74) is -0.0768. The number of ether oxygens (including phenoxy) is 1. The molecule has 0 saturated carbocycles. The van der Waals surface area contributed by atoms with Crippen LogP contribution in [0.3, 0.4) is 0 Å². The predicted octanol–water partition coefficient (Wildman–Crippen LogP) is 4.34. The van der Waals surface area contributed by atoms with Crippen LogP contribution in [0.2, 0.25) is 0 Å². The zero-order valence-electron chi connectivity index (χ0n) is 16.3. The molecule has 30 heavy (non-hydrogen) atoms. The third-order valence-corrected chi connectivity index (χ3v) is 5.34. The van der Waals surface area contributed by atoms with Crippen molar-refractivity contribution in [1.29, 1.82) is 0 Å². The van der Waals surface area contributed by atoms with E-state index in [0.29, 0.717) is 11.8 Å². The summed E-state index contributed by atoms with van der Waals surface area (Å²) in [7, 11) is 3.02. The smallest absolute Gasteiger partial charge is 0.416 e. The van der Waals surface area contributed by atoms with Crippen LogP contribution in [0, 0.1) is 0 Å². The zero-order chi connectivity index (χ0) is 21.9. The van der Waals surface area contributed by atoms with Crippen LogP contribution in [-0.4, -0.2) is 32.8 Å². The number of rotatable bonds is 6. The highest BCUT2D eigenvalue weighted by Crippen LogP contribution is 2.34. The second kappa shape index (κ2) is 8.74. The molecule has 3 rings (SSSR count). The van der Waals surface area contributed by atoms with Crippen molar-refractivity contribution in [3.8, 4) is 5.88 Å². The van der Waals surface area contributed by atoms with Gasteiger partial charge in [0.1, 0.15) is 12.0 Å². The molecular formula is C19H18F3N5O2S. The van der Waals surface area contributed by atoms with Gasteiger partial charge in [0, 0.05) is 24.1 Å². The fourth-order valence-corrected chi connectivity index (χ4v) is 3.47. The lowest BCUT2D eigenvalue weighted by Gasteiger charge is -2.13. The van der Waals surface area contributed by atoms with Gasteiger partial charge in [-0.1, -0.05) is 23.9 Å². The van der Waals surface area contributed by atoms with Crippen LogP contribution < -0.4 is 10.1 Å². The Morgan fingerprint density at radius 3 is 2.67 bits per heavy atom. The van der Waals surface area contributed by atoms with E-state index in [1.165, 1.54) is 18.9 Å². The van der Waals surface area contributed by atoms with Gasteiger partial charge in [-0.25, -0.2) is 4.98 Å². The molecule has 0 unspecified atom stereocenters. The van der Waals surface area contributed by atoms with E-state index in [1.807, 2.05) is 20.0 Å². The van der Waals surface area contributed by atoms with E-state index in [9.17, 15) is 18.0 Å². The minimum atomic E-state index is -4.63. The summed E-state index contributed by atoms with van der Waals surface area (Å²) in [6, 6.07) is 8.45. The number of hydrogen-bond donors (Lipinski definition) is 1. The van der Waals surface area contributed by atoms with Crippen LogP contribution in [0.5, 0.6) is 5.88 Å². The molecule has 0 aliphatic heterocycles. The molecule has 0 fully saturated rings. The molecule has 0 aliphatic carbocycles. The number of amides is 1. The van der Waals surface area contributed by atoms with E-state index in [2.05, 4.69) is 20.5 Å². The first-order chi connectivity index (χ1) is 14.2. The molecular weight excluding hydrogens is 419 g/mol. The van der Waals surface area contributed by atoms with Gasteiger partial charge in [-0.2, -0.15) is 13.2 Å². The highest BCUT2D eigenvalue weighted by atomic mass is 32.2. The van der Waals surface area contributed by atoms with Gasteiger partial charge >= 0.3 is 6.18 Å². The van der Waals surface area contributed by atoms with Crippen molar-refractivity contribution < 1.29 is 22.7 Å². The zero-order valence-corrected chi connectivity index (χ0v) is 17.1. The Morgan fingerprint density at radius 2 is 2.03 bits per heavy atom. The second-order valence-corrected chi connectivity index (χ2v) is 7.65. The quantitative estimate of drug-likeness (QED) is 0.578. The van der Waals surface area contributed by atoms with Gasteiger partial charge in [0.05, 0.1) is 12.7 Å². The third-order valence-electron chi connectivity index (χ3n) is 4.14. The Labute approximate surface area is 174 Å². The molecule has 1 atom stereocenters. The normalized spacial score (nSPS) is 12.5. The average molecular weight is 437 g/mol. The highest BCUT2D eigenvalue weighted by molar-refractivity contribution is 7.99. The molecule has 0 bridgehead atoms. The number of nitrogens with one attached hydrogen (secondary N) is 1. The Hall–Kier alpha value is -3.08. The van der Waals surface area contributed by atoms with Crippen molar-refractivity contribution in [2.45, 2.75) is 23.5 Å². The van der Waals surface area contributed by atoms with Gasteiger partial charge < -0.3 is 14.6 Å². The van der Waals surface area contributed by atoms with Crippen LogP contribution >= 0.6 is 11.8 Å². The molecule has 7 nitrogen and oxygen atoms in total. The molecule has 1 N–H and O–H groups in total. The molecule has 3 aromatic rings. The Bertz CT molecular complexity index is 1050. The standard InChI is InChI=1S/C19H18F3N5O2S/c1-11(30-18-26-23-10-27(18)2)12-5-4-6-14(7-12)24-17(28)15-8-13(19(20,21)22)9-16(25-15)29-3/h4-11H,1-3H3,(H,24,28)/t11-/m0/s1. The van der Waals surface area contributed by atoms with Crippen molar-refractivity contribution in [3.05, 3.63) is 59.5 Å². The lowest BCUT2D eigenvalue weighted by atomic mass is 10.1. The second-order valence-electron chi connectivity index (χ2n) is 6.35. The summed E-state index contributed by atoms with van der Waals surface area (Å²) >= 11 is 1.49. The van der Waals surface area contributed by atoms with Gasteiger partial charge in [0.25, 0.3) is 5.91 Å². The van der Waals surface area contributed by atoms with Crippen LogP contribution in [-0.2, 0) is 13.2 Å². The Kier molecular flexibility index (Phi) is 6.30. The number of hydrogen-bond acceptors (Lipinski definition) is 6. The van der Waals surface area contributed by atoms with Crippen LogP contribution in [0.15, 0.2) is 47.9 Å².